The summed E-state index contributed by atoms with van der Waals surface area (Å²) in [5.74, 6) is 0. The van der Waals surface area contributed by atoms with Crippen LogP contribution in [-0.2, 0) is 6.18 Å². The lowest BCUT2D eigenvalue weighted by Crippen LogP contribution is -2.07. The molecule has 0 aliphatic heterocycles. The highest BCUT2D eigenvalue weighted by molar-refractivity contribution is 9.10. The molecular formula is C8H8BrClF3N. The third kappa shape index (κ3) is 2.78. The molecule has 1 nitrogen and oxygen atoms in total. The Kier molecular flexibility index (Phi) is 4.74. The van der Waals surface area contributed by atoms with Crippen LogP contribution in [-0.4, -0.2) is 7.05 Å². The second-order valence-electron chi connectivity index (χ2n) is 2.41. The van der Waals surface area contributed by atoms with Crippen LogP contribution in [0.3, 0.4) is 0 Å². The van der Waals surface area contributed by atoms with Crippen molar-refractivity contribution in [2.75, 3.05) is 12.4 Å². The summed E-state index contributed by atoms with van der Waals surface area (Å²) >= 11 is 2.89. The molecule has 0 aromatic heterocycles. The van der Waals surface area contributed by atoms with Crippen LogP contribution in [0.1, 0.15) is 5.56 Å². The predicted octanol–water partition coefficient (Wildman–Crippen LogP) is 3.93. The summed E-state index contributed by atoms with van der Waals surface area (Å²) in [5, 5.41) is 2.66. The molecule has 14 heavy (non-hydrogen) atoms. The Morgan fingerprint density at radius 1 is 1.29 bits per heavy atom. The maximum Gasteiger partial charge on any atom is 0.417 e. The summed E-state index contributed by atoms with van der Waals surface area (Å²) in [6.45, 7) is 0. The Bertz CT molecular complexity index is 314. The number of rotatable bonds is 1. The molecule has 1 aromatic rings. The van der Waals surface area contributed by atoms with E-state index in [0.717, 1.165) is 6.07 Å². The molecule has 0 amide bonds. The van der Waals surface area contributed by atoms with Crippen molar-refractivity contribution in [2.24, 2.45) is 0 Å². The molecule has 0 atom stereocenters. The third-order valence-corrected chi connectivity index (χ3v) is 2.43. The van der Waals surface area contributed by atoms with Gasteiger partial charge in [0, 0.05) is 12.7 Å². The second-order valence-corrected chi connectivity index (χ2v) is 3.21. The highest BCUT2D eigenvalue weighted by Gasteiger charge is 2.33. The van der Waals surface area contributed by atoms with Gasteiger partial charge in [-0.15, -0.1) is 12.4 Å². The van der Waals surface area contributed by atoms with Crippen molar-refractivity contribution in [2.45, 2.75) is 6.18 Å². The van der Waals surface area contributed by atoms with E-state index in [1.807, 2.05) is 0 Å². The van der Waals surface area contributed by atoms with E-state index in [4.69, 9.17) is 0 Å². The summed E-state index contributed by atoms with van der Waals surface area (Å²) in [5.41, 5.74) is -0.242. The number of nitrogens with one attached hydrogen (secondary N) is 1. The van der Waals surface area contributed by atoms with E-state index >= 15 is 0 Å². The topological polar surface area (TPSA) is 12.0 Å². The van der Waals surface area contributed by atoms with Crippen LogP contribution in [0.15, 0.2) is 22.7 Å². The number of hydrogen-bond donors (Lipinski definition) is 1. The Labute approximate surface area is 94.2 Å². The lowest BCUT2D eigenvalue weighted by atomic mass is 10.2. The van der Waals surface area contributed by atoms with E-state index in [1.54, 1.807) is 13.1 Å². The molecule has 80 valence electrons. The maximum atomic E-state index is 12.3. The predicted molar refractivity (Wildman–Crippen MR) is 55.9 cm³/mol. The zero-order chi connectivity index (χ0) is 10.1. The quantitative estimate of drug-likeness (QED) is 0.826. The van der Waals surface area contributed by atoms with Gasteiger partial charge in [0.05, 0.1) is 10.0 Å². The summed E-state index contributed by atoms with van der Waals surface area (Å²) in [6.07, 6.45) is -4.31. The smallest absolute Gasteiger partial charge is 0.387 e. The van der Waals surface area contributed by atoms with E-state index in [9.17, 15) is 13.2 Å². The van der Waals surface area contributed by atoms with Crippen LogP contribution in [0.5, 0.6) is 0 Å². The zero-order valence-corrected chi connectivity index (χ0v) is 9.55. The van der Waals surface area contributed by atoms with Crippen molar-refractivity contribution in [1.29, 1.82) is 0 Å². The van der Waals surface area contributed by atoms with E-state index in [1.165, 1.54) is 6.07 Å². The number of halogens is 5. The summed E-state index contributed by atoms with van der Waals surface area (Å²) < 4.78 is 37.0. The molecule has 0 saturated carbocycles. The molecule has 0 radical (unpaired) electrons. The van der Waals surface area contributed by atoms with Gasteiger partial charge in [0.25, 0.3) is 0 Å². The summed E-state index contributed by atoms with van der Waals surface area (Å²) in [4.78, 5) is 0. The van der Waals surface area contributed by atoms with E-state index in [2.05, 4.69) is 21.2 Å². The molecule has 0 bridgehead atoms. The third-order valence-electron chi connectivity index (χ3n) is 1.57. The van der Waals surface area contributed by atoms with Crippen molar-refractivity contribution in [3.05, 3.63) is 28.2 Å². The van der Waals surface area contributed by atoms with Gasteiger partial charge >= 0.3 is 6.18 Å². The molecule has 0 fully saturated rings. The van der Waals surface area contributed by atoms with E-state index < -0.39 is 11.7 Å². The number of hydrogen-bond acceptors (Lipinski definition) is 1. The van der Waals surface area contributed by atoms with Crippen LogP contribution >= 0.6 is 28.3 Å². The van der Waals surface area contributed by atoms with Crippen LogP contribution in [0, 0.1) is 0 Å². The Morgan fingerprint density at radius 2 is 1.86 bits per heavy atom. The Hall–Kier alpha value is -0.420. The Balaban J connectivity index is 0.00000169. The minimum atomic E-state index is -4.31. The molecule has 0 heterocycles. The standard InChI is InChI=1S/C8H7BrF3N.ClH/c1-13-6-4-2-3-5(7(6)9)8(10,11)12;/h2-4,13H,1H3;1H. The van der Waals surface area contributed by atoms with Crippen LogP contribution in [0.2, 0.25) is 0 Å². The van der Waals surface area contributed by atoms with Gasteiger partial charge in [-0.1, -0.05) is 6.07 Å². The molecule has 0 saturated heterocycles. The van der Waals surface area contributed by atoms with Crippen molar-refractivity contribution in [3.63, 3.8) is 0 Å². The molecule has 0 spiro atoms. The minimum Gasteiger partial charge on any atom is -0.387 e. The fourth-order valence-corrected chi connectivity index (χ4v) is 1.63. The van der Waals surface area contributed by atoms with Crippen LogP contribution in [0.25, 0.3) is 0 Å². The molecule has 6 heteroatoms. The van der Waals surface area contributed by atoms with Gasteiger partial charge in [0.15, 0.2) is 0 Å². The van der Waals surface area contributed by atoms with Gasteiger partial charge in [-0.2, -0.15) is 13.2 Å². The normalized spacial score (nSPS) is 10.6. The fraction of sp³-hybridized carbons (Fsp3) is 0.250. The van der Waals surface area contributed by atoms with Gasteiger partial charge in [-0.05, 0) is 28.1 Å². The molecule has 1 aromatic carbocycles. The first-order valence-corrected chi connectivity index (χ1v) is 4.29. The summed E-state index contributed by atoms with van der Waals surface area (Å²) in [7, 11) is 1.57. The monoisotopic (exact) mass is 289 g/mol. The van der Waals surface area contributed by atoms with Crippen molar-refractivity contribution in [3.8, 4) is 0 Å². The van der Waals surface area contributed by atoms with E-state index in [-0.39, 0.29) is 16.9 Å². The van der Waals surface area contributed by atoms with Crippen molar-refractivity contribution in [1.82, 2.24) is 0 Å². The number of alkyl halides is 3. The average molecular weight is 291 g/mol. The molecule has 1 rings (SSSR count). The van der Waals surface area contributed by atoms with Gasteiger partial charge in [-0.3, -0.25) is 0 Å². The fourth-order valence-electron chi connectivity index (χ4n) is 0.944. The summed E-state index contributed by atoms with van der Waals surface area (Å²) in [6, 6.07) is 3.96. The highest BCUT2D eigenvalue weighted by atomic mass is 79.9. The maximum absolute atomic E-state index is 12.3. The van der Waals surface area contributed by atoms with E-state index in [0.29, 0.717) is 5.69 Å². The molecular weight excluding hydrogens is 282 g/mol. The first kappa shape index (κ1) is 13.6. The molecule has 1 N–H and O–H groups in total. The molecule has 0 unspecified atom stereocenters. The SMILES string of the molecule is CNc1cccc(C(F)(F)F)c1Br.Cl. The average Bonchev–Trinajstić information content (AvgIpc) is 2.02. The number of benzene rings is 1. The van der Waals surface area contributed by atoms with Crippen LogP contribution < -0.4 is 5.32 Å². The Morgan fingerprint density at radius 3 is 2.29 bits per heavy atom. The lowest BCUT2D eigenvalue weighted by Gasteiger charge is -2.11. The van der Waals surface area contributed by atoms with Crippen molar-refractivity contribution < 1.29 is 13.2 Å². The van der Waals surface area contributed by atoms with Gasteiger partial charge in [-0.25, -0.2) is 0 Å². The number of anilines is 1. The van der Waals surface area contributed by atoms with Crippen molar-refractivity contribution >= 4 is 34.0 Å². The first-order chi connectivity index (χ1) is 5.96. The molecule has 0 aliphatic carbocycles. The minimum absolute atomic E-state index is 0. The largest absolute Gasteiger partial charge is 0.417 e. The first-order valence-electron chi connectivity index (χ1n) is 3.50. The van der Waals surface area contributed by atoms with Crippen LogP contribution in [0.4, 0.5) is 18.9 Å². The van der Waals surface area contributed by atoms with Gasteiger partial charge in [0.2, 0.25) is 0 Å². The highest BCUT2D eigenvalue weighted by Crippen LogP contribution is 2.37. The van der Waals surface area contributed by atoms with Gasteiger partial charge < -0.3 is 5.32 Å². The lowest BCUT2D eigenvalue weighted by molar-refractivity contribution is -0.138. The zero-order valence-electron chi connectivity index (χ0n) is 7.15. The van der Waals surface area contributed by atoms with Gasteiger partial charge in [0.1, 0.15) is 0 Å². The second kappa shape index (κ2) is 4.89. The molecule has 0 aliphatic rings.